The standard InChI is InChI=1S/C25H45NS/c1-18-17-20-10-6-7-14-24(20,2)22-13-15-25(3)19(9-5-4-8-16-26-27)11-12-21(25)23(18)22/h18-23,26-27H,4-17H2,1-3H3. The molecule has 4 saturated carbocycles. The molecule has 4 fully saturated rings. The summed E-state index contributed by atoms with van der Waals surface area (Å²) < 4.78 is 3.01. The van der Waals surface area contributed by atoms with Crippen molar-refractivity contribution < 1.29 is 0 Å². The lowest BCUT2D eigenvalue weighted by Crippen LogP contribution is -2.55. The molecular formula is C25H45NS. The first kappa shape index (κ1) is 20.6. The van der Waals surface area contributed by atoms with E-state index in [2.05, 4.69) is 38.3 Å². The van der Waals surface area contributed by atoms with Crippen molar-refractivity contribution in [3.63, 3.8) is 0 Å². The van der Waals surface area contributed by atoms with Gasteiger partial charge < -0.3 is 0 Å². The zero-order valence-electron chi connectivity index (χ0n) is 18.3. The second-order valence-electron chi connectivity index (χ2n) is 11.5. The molecule has 0 amide bonds. The number of thiol groups is 1. The van der Waals surface area contributed by atoms with Gasteiger partial charge in [0.1, 0.15) is 0 Å². The van der Waals surface area contributed by atoms with Crippen molar-refractivity contribution in [2.24, 2.45) is 46.3 Å². The van der Waals surface area contributed by atoms with Gasteiger partial charge >= 0.3 is 0 Å². The molecule has 0 aromatic heterocycles. The molecule has 27 heavy (non-hydrogen) atoms. The van der Waals surface area contributed by atoms with Gasteiger partial charge in [-0.3, -0.25) is 4.72 Å². The largest absolute Gasteiger partial charge is 0.267 e. The van der Waals surface area contributed by atoms with Crippen LogP contribution in [0.3, 0.4) is 0 Å². The quantitative estimate of drug-likeness (QED) is 0.358. The predicted molar refractivity (Wildman–Crippen MR) is 120 cm³/mol. The molecule has 0 aromatic carbocycles. The second kappa shape index (κ2) is 8.21. The van der Waals surface area contributed by atoms with Crippen LogP contribution in [0.4, 0.5) is 0 Å². The Morgan fingerprint density at radius 1 is 0.889 bits per heavy atom. The predicted octanol–water partition coefficient (Wildman–Crippen LogP) is 7.28. The lowest BCUT2D eigenvalue weighted by atomic mass is 9.43. The zero-order valence-corrected chi connectivity index (χ0v) is 19.2. The van der Waals surface area contributed by atoms with Crippen LogP contribution in [0.5, 0.6) is 0 Å². The summed E-state index contributed by atoms with van der Waals surface area (Å²) in [5.74, 6) is 6.17. The second-order valence-corrected chi connectivity index (χ2v) is 11.8. The van der Waals surface area contributed by atoms with Crippen LogP contribution < -0.4 is 4.72 Å². The molecule has 4 rings (SSSR count). The first-order valence-electron chi connectivity index (χ1n) is 12.4. The van der Waals surface area contributed by atoms with Crippen LogP contribution in [0.2, 0.25) is 0 Å². The summed E-state index contributed by atoms with van der Waals surface area (Å²) >= 11 is 4.13. The third kappa shape index (κ3) is 3.54. The molecule has 156 valence electrons. The molecule has 0 radical (unpaired) electrons. The highest BCUT2D eigenvalue weighted by molar-refractivity contribution is 7.78. The van der Waals surface area contributed by atoms with E-state index in [-0.39, 0.29) is 0 Å². The van der Waals surface area contributed by atoms with Gasteiger partial charge in [0.2, 0.25) is 0 Å². The number of hydrogen-bond acceptors (Lipinski definition) is 2. The van der Waals surface area contributed by atoms with Gasteiger partial charge in [0.15, 0.2) is 0 Å². The zero-order chi connectivity index (χ0) is 19.1. The van der Waals surface area contributed by atoms with Crippen LogP contribution in [-0.4, -0.2) is 6.54 Å². The highest BCUT2D eigenvalue weighted by Gasteiger charge is 2.60. The molecule has 1 N–H and O–H groups in total. The lowest BCUT2D eigenvalue weighted by Gasteiger charge is -2.62. The molecule has 4 aliphatic carbocycles. The van der Waals surface area contributed by atoms with E-state index in [1.165, 1.54) is 64.2 Å². The average molecular weight is 392 g/mol. The minimum Gasteiger partial charge on any atom is -0.267 e. The fourth-order valence-electron chi connectivity index (χ4n) is 9.02. The SMILES string of the molecule is CC1CC2CCCCC2(C)C2CCC3(C)C(CCCCCNS)CCC3C12. The van der Waals surface area contributed by atoms with Crippen LogP contribution in [0.25, 0.3) is 0 Å². The van der Waals surface area contributed by atoms with Crippen LogP contribution in [0.1, 0.15) is 104 Å². The number of nitrogens with one attached hydrogen (secondary N) is 1. The molecule has 0 aromatic rings. The number of unbranched alkanes of at least 4 members (excludes halogenated alkanes) is 2. The van der Waals surface area contributed by atoms with Gasteiger partial charge in [-0.1, -0.05) is 59.3 Å². The molecule has 8 atom stereocenters. The Bertz CT molecular complexity index is 507. The summed E-state index contributed by atoms with van der Waals surface area (Å²) in [5.41, 5.74) is 1.35. The fourth-order valence-corrected chi connectivity index (χ4v) is 9.18. The maximum Gasteiger partial charge on any atom is 0.00561 e. The molecule has 0 saturated heterocycles. The van der Waals surface area contributed by atoms with E-state index in [4.69, 9.17) is 0 Å². The molecule has 0 aliphatic heterocycles. The summed E-state index contributed by atoms with van der Waals surface area (Å²) in [4.78, 5) is 0. The van der Waals surface area contributed by atoms with E-state index in [1.54, 1.807) is 19.3 Å². The van der Waals surface area contributed by atoms with Crippen LogP contribution >= 0.6 is 12.8 Å². The Balaban J connectivity index is 1.45. The molecule has 0 heterocycles. The normalized spacial score (nSPS) is 49.3. The third-order valence-electron chi connectivity index (χ3n) is 10.5. The van der Waals surface area contributed by atoms with Crippen LogP contribution in [0, 0.1) is 46.3 Å². The Morgan fingerprint density at radius 2 is 1.70 bits per heavy atom. The number of rotatable bonds is 6. The van der Waals surface area contributed by atoms with Crippen molar-refractivity contribution in [1.82, 2.24) is 4.72 Å². The molecule has 8 unspecified atom stereocenters. The summed E-state index contributed by atoms with van der Waals surface area (Å²) in [6, 6.07) is 0. The van der Waals surface area contributed by atoms with Gasteiger partial charge in [-0.25, -0.2) is 0 Å². The maximum atomic E-state index is 4.13. The number of hydrogen-bond donors (Lipinski definition) is 2. The molecule has 0 bridgehead atoms. The Morgan fingerprint density at radius 3 is 2.52 bits per heavy atom. The Kier molecular flexibility index (Phi) is 6.26. The van der Waals surface area contributed by atoms with Gasteiger partial charge in [0, 0.05) is 6.54 Å². The average Bonchev–Trinajstić information content (AvgIpc) is 2.98. The highest BCUT2D eigenvalue weighted by Crippen LogP contribution is 2.69. The van der Waals surface area contributed by atoms with Gasteiger partial charge in [-0.15, -0.1) is 0 Å². The molecule has 2 heteroatoms. The van der Waals surface area contributed by atoms with E-state index in [0.717, 1.165) is 42.1 Å². The van der Waals surface area contributed by atoms with Crippen molar-refractivity contribution in [2.45, 2.75) is 104 Å². The molecule has 4 aliphatic rings. The van der Waals surface area contributed by atoms with E-state index in [0.29, 0.717) is 10.8 Å². The van der Waals surface area contributed by atoms with Gasteiger partial charge in [0.05, 0.1) is 0 Å². The third-order valence-corrected chi connectivity index (χ3v) is 10.7. The van der Waals surface area contributed by atoms with E-state index >= 15 is 0 Å². The highest BCUT2D eigenvalue weighted by atomic mass is 32.1. The summed E-state index contributed by atoms with van der Waals surface area (Å²) in [6.07, 6.45) is 19.4. The van der Waals surface area contributed by atoms with Crippen molar-refractivity contribution in [3.8, 4) is 0 Å². The Labute approximate surface area is 174 Å². The molecule has 0 spiro atoms. The summed E-state index contributed by atoms with van der Waals surface area (Å²) in [7, 11) is 0. The van der Waals surface area contributed by atoms with Crippen LogP contribution in [0.15, 0.2) is 0 Å². The van der Waals surface area contributed by atoms with Crippen molar-refractivity contribution in [2.75, 3.05) is 6.54 Å². The summed E-state index contributed by atoms with van der Waals surface area (Å²) in [6.45, 7) is 9.16. The topological polar surface area (TPSA) is 12.0 Å². The van der Waals surface area contributed by atoms with Gasteiger partial charge in [-0.05, 0) is 104 Å². The van der Waals surface area contributed by atoms with Crippen molar-refractivity contribution in [1.29, 1.82) is 0 Å². The summed E-state index contributed by atoms with van der Waals surface area (Å²) in [5, 5.41) is 0. The first-order valence-corrected chi connectivity index (χ1v) is 12.8. The first-order chi connectivity index (χ1) is 13.0. The minimum absolute atomic E-state index is 0.662. The van der Waals surface area contributed by atoms with Gasteiger partial charge in [-0.2, -0.15) is 0 Å². The smallest absolute Gasteiger partial charge is 0.00561 e. The van der Waals surface area contributed by atoms with E-state index in [9.17, 15) is 0 Å². The monoisotopic (exact) mass is 391 g/mol. The molecular weight excluding hydrogens is 346 g/mol. The van der Waals surface area contributed by atoms with Crippen molar-refractivity contribution >= 4 is 12.8 Å². The van der Waals surface area contributed by atoms with Crippen molar-refractivity contribution in [3.05, 3.63) is 0 Å². The molecule has 1 nitrogen and oxygen atoms in total. The van der Waals surface area contributed by atoms with Crippen LogP contribution in [-0.2, 0) is 0 Å². The van der Waals surface area contributed by atoms with E-state index in [1.807, 2.05) is 0 Å². The minimum atomic E-state index is 0.662. The number of fused-ring (bicyclic) bond motifs is 5. The van der Waals surface area contributed by atoms with E-state index < -0.39 is 0 Å². The maximum absolute atomic E-state index is 4.13. The van der Waals surface area contributed by atoms with Gasteiger partial charge in [0.25, 0.3) is 0 Å². The Hall–Kier alpha value is 0.310. The lowest BCUT2D eigenvalue weighted by molar-refractivity contribution is -0.134. The fraction of sp³-hybridized carbons (Fsp3) is 1.00.